The molecule has 6 nitrogen and oxygen atoms in total. The lowest BCUT2D eigenvalue weighted by Gasteiger charge is -2.39. The maximum atomic E-state index is 13.5. The van der Waals surface area contributed by atoms with E-state index in [2.05, 4.69) is 31.2 Å². The lowest BCUT2D eigenvalue weighted by molar-refractivity contribution is -0.130. The van der Waals surface area contributed by atoms with Gasteiger partial charge in [0.1, 0.15) is 5.75 Å². The number of benzene rings is 2. The fraction of sp³-hybridized carbons (Fsp3) is 0.400. The van der Waals surface area contributed by atoms with Crippen LogP contribution in [0.3, 0.4) is 0 Å². The van der Waals surface area contributed by atoms with Crippen molar-refractivity contribution in [3.05, 3.63) is 60.2 Å². The summed E-state index contributed by atoms with van der Waals surface area (Å²) in [5, 5.41) is 7.36. The number of methoxy groups -OCH3 is 1. The number of ether oxygens (including phenoxy) is 1. The summed E-state index contributed by atoms with van der Waals surface area (Å²) >= 11 is 0. The van der Waals surface area contributed by atoms with Crippen molar-refractivity contribution in [3.8, 4) is 5.75 Å². The first kappa shape index (κ1) is 21.1. The molecule has 0 aliphatic heterocycles. The Kier molecular flexibility index (Phi) is 5.12. The highest BCUT2D eigenvalue weighted by Gasteiger charge is 2.71. The summed E-state index contributed by atoms with van der Waals surface area (Å²) in [7, 11) is 1.60. The zero-order valence-corrected chi connectivity index (χ0v) is 18.4. The van der Waals surface area contributed by atoms with Gasteiger partial charge in [0.05, 0.1) is 23.8 Å². The number of hydrogen-bond donors (Lipinski definition) is 1. The lowest BCUT2D eigenvalue weighted by atomic mass is 9.64. The van der Waals surface area contributed by atoms with E-state index in [1.54, 1.807) is 37.4 Å². The summed E-state index contributed by atoms with van der Waals surface area (Å²) in [6.07, 6.45) is 2.04. The molecular formula is C25H28N2O4. The van der Waals surface area contributed by atoms with Gasteiger partial charge in [0.25, 0.3) is 0 Å². The van der Waals surface area contributed by atoms with Crippen LogP contribution in [0.2, 0.25) is 0 Å². The van der Waals surface area contributed by atoms with Crippen LogP contribution in [0.15, 0.2) is 59.8 Å². The molecule has 31 heavy (non-hydrogen) atoms. The van der Waals surface area contributed by atoms with Crippen LogP contribution in [0.1, 0.15) is 50.4 Å². The molecule has 0 saturated heterocycles. The SMILES string of the molecule is COc1cccc(NC(=O)C23CCC(C)(C(=NOC(=O)c4ccccc4)C2)C3(C)C)c1. The highest BCUT2D eigenvalue weighted by molar-refractivity contribution is 6.06. The van der Waals surface area contributed by atoms with Crippen molar-refractivity contribution in [1.82, 2.24) is 0 Å². The minimum atomic E-state index is -0.622. The van der Waals surface area contributed by atoms with Gasteiger partial charge in [-0.15, -0.1) is 0 Å². The smallest absolute Gasteiger partial charge is 0.365 e. The third-order valence-electron chi connectivity index (χ3n) is 7.74. The van der Waals surface area contributed by atoms with Gasteiger partial charge in [-0.05, 0) is 42.5 Å². The Bertz CT molecular complexity index is 1050. The summed E-state index contributed by atoms with van der Waals surface area (Å²) in [5.41, 5.74) is 0.627. The molecule has 1 N–H and O–H groups in total. The van der Waals surface area contributed by atoms with E-state index in [1.165, 1.54) is 0 Å². The predicted molar refractivity (Wildman–Crippen MR) is 119 cm³/mol. The quantitative estimate of drug-likeness (QED) is 0.542. The number of hydrogen-bond acceptors (Lipinski definition) is 5. The Balaban J connectivity index is 1.59. The minimum Gasteiger partial charge on any atom is -0.497 e. The normalized spacial score (nSPS) is 27.2. The monoisotopic (exact) mass is 420 g/mol. The molecule has 2 bridgehead atoms. The molecular weight excluding hydrogens is 392 g/mol. The predicted octanol–water partition coefficient (Wildman–Crippen LogP) is 5.06. The Labute approximate surface area is 182 Å². The first-order valence-corrected chi connectivity index (χ1v) is 10.5. The molecule has 0 radical (unpaired) electrons. The molecule has 2 fully saturated rings. The summed E-state index contributed by atoms with van der Waals surface area (Å²) < 4.78 is 5.27. The van der Waals surface area contributed by atoms with E-state index in [9.17, 15) is 9.59 Å². The van der Waals surface area contributed by atoms with Gasteiger partial charge < -0.3 is 14.9 Å². The average Bonchev–Trinajstić information content (AvgIpc) is 3.09. The van der Waals surface area contributed by atoms with Crippen molar-refractivity contribution >= 4 is 23.3 Å². The number of nitrogens with zero attached hydrogens (tertiary/aromatic N) is 1. The molecule has 0 spiro atoms. The van der Waals surface area contributed by atoms with E-state index in [4.69, 9.17) is 9.57 Å². The van der Waals surface area contributed by atoms with Crippen LogP contribution in [-0.2, 0) is 9.63 Å². The van der Waals surface area contributed by atoms with E-state index >= 15 is 0 Å². The molecule has 2 saturated carbocycles. The zero-order valence-electron chi connectivity index (χ0n) is 18.4. The third kappa shape index (κ3) is 3.21. The number of anilines is 1. The van der Waals surface area contributed by atoms with Gasteiger partial charge in [-0.3, -0.25) is 4.79 Å². The van der Waals surface area contributed by atoms with Crippen LogP contribution in [0.5, 0.6) is 5.75 Å². The van der Waals surface area contributed by atoms with Gasteiger partial charge in [0.15, 0.2) is 0 Å². The van der Waals surface area contributed by atoms with E-state index in [0.717, 1.165) is 18.6 Å². The number of oxime groups is 1. The van der Waals surface area contributed by atoms with Crippen molar-refractivity contribution in [2.45, 2.75) is 40.0 Å². The van der Waals surface area contributed by atoms with Gasteiger partial charge in [0.2, 0.25) is 5.91 Å². The number of carbonyl (C=O) groups is 2. The first-order chi connectivity index (χ1) is 14.7. The summed E-state index contributed by atoms with van der Waals surface area (Å²) in [5.74, 6) is 0.161. The largest absolute Gasteiger partial charge is 0.497 e. The van der Waals surface area contributed by atoms with E-state index < -0.39 is 11.4 Å². The Morgan fingerprint density at radius 2 is 1.74 bits per heavy atom. The Hall–Kier alpha value is -3.15. The second-order valence-electron chi connectivity index (χ2n) is 9.18. The van der Waals surface area contributed by atoms with Crippen molar-refractivity contribution in [2.75, 3.05) is 12.4 Å². The van der Waals surface area contributed by atoms with Crippen LogP contribution >= 0.6 is 0 Å². The number of rotatable bonds is 5. The number of carbonyl (C=O) groups excluding carboxylic acids is 2. The molecule has 1 amide bonds. The average molecular weight is 421 g/mol. The maximum Gasteiger partial charge on any atom is 0.365 e. The molecule has 2 aromatic rings. The molecule has 6 heteroatoms. The number of amides is 1. The van der Waals surface area contributed by atoms with Crippen molar-refractivity contribution in [3.63, 3.8) is 0 Å². The van der Waals surface area contributed by atoms with Gasteiger partial charge in [0, 0.05) is 23.6 Å². The van der Waals surface area contributed by atoms with Gasteiger partial charge in [-0.25, -0.2) is 4.79 Å². The Morgan fingerprint density at radius 3 is 2.45 bits per heavy atom. The molecule has 2 aliphatic carbocycles. The molecule has 2 aromatic carbocycles. The van der Waals surface area contributed by atoms with Gasteiger partial charge in [-0.1, -0.05) is 50.2 Å². The summed E-state index contributed by atoms with van der Waals surface area (Å²) in [4.78, 5) is 31.2. The van der Waals surface area contributed by atoms with Crippen LogP contribution in [0.4, 0.5) is 5.69 Å². The molecule has 2 aliphatic rings. The van der Waals surface area contributed by atoms with Crippen molar-refractivity contribution in [2.24, 2.45) is 21.4 Å². The van der Waals surface area contributed by atoms with E-state index in [-0.39, 0.29) is 16.7 Å². The highest BCUT2D eigenvalue weighted by Crippen LogP contribution is 2.71. The number of fused-ring (bicyclic) bond motifs is 2. The fourth-order valence-electron chi connectivity index (χ4n) is 5.20. The van der Waals surface area contributed by atoms with E-state index in [0.29, 0.717) is 23.4 Å². The maximum absolute atomic E-state index is 13.5. The molecule has 0 heterocycles. The van der Waals surface area contributed by atoms with Gasteiger partial charge >= 0.3 is 5.97 Å². The highest BCUT2D eigenvalue weighted by atomic mass is 16.7. The van der Waals surface area contributed by atoms with E-state index in [1.807, 2.05) is 24.3 Å². The second-order valence-corrected chi connectivity index (χ2v) is 9.18. The van der Waals surface area contributed by atoms with Crippen LogP contribution in [0, 0.1) is 16.2 Å². The molecule has 2 atom stereocenters. The molecule has 0 aromatic heterocycles. The lowest BCUT2D eigenvalue weighted by Crippen LogP contribution is -2.43. The molecule has 4 rings (SSSR count). The van der Waals surface area contributed by atoms with Crippen LogP contribution in [0.25, 0.3) is 0 Å². The standard InChI is InChI=1S/C25H28N2O4/c1-23(2)24(3)13-14-25(23,22(29)26-18-11-8-12-19(15-18)30-4)16-20(24)27-31-21(28)17-9-6-5-7-10-17/h5-12,15H,13-14,16H2,1-4H3,(H,26,29). The van der Waals surface area contributed by atoms with Gasteiger partial charge in [-0.2, -0.15) is 0 Å². The van der Waals surface area contributed by atoms with Crippen molar-refractivity contribution < 1.29 is 19.2 Å². The Morgan fingerprint density at radius 1 is 1.00 bits per heavy atom. The van der Waals surface area contributed by atoms with Crippen LogP contribution in [-0.4, -0.2) is 24.7 Å². The fourth-order valence-corrected chi connectivity index (χ4v) is 5.20. The van der Waals surface area contributed by atoms with Crippen LogP contribution < -0.4 is 10.1 Å². The zero-order chi connectivity index (χ0) is 22.3. The second kappa shape index (κ2) is 7.52. The first-order valence-electron chi connectivity index (χ1n) is 10.5. The molecule has 162 valence electrons. The summed E-state index contributed by atoms with van der Waals surface area (Å²) in [6, 6.07) is 16.1. The summed E-state index contributed by atoms with van der Waals surface area (Å²) in [6.45, 7) is 6.36. The minimum absolute atomic E-state index is 0.0333. The number of nitrogens with one attached hydrogen (secondary N) is 1. The topological polar surface area (TPSA) is 77.0 Å². The third-order valence-corrected chi connectivity index (χ3v) is 7.74. The molecule has 2 unspecified atom stereocenters. The van der Waals surface area contributed by atoms with Crippen molar-refractivity contribution in [1.29, 1.82) is 0 Å².